The van der Waals surface area contributed by atoms with Gasteiger partial charge in [-0.2, -0.15) is 0 Å². The van der Waals surface area contributed by atoms with Gasteiger partial charge in [-0.1, -0.05) is 42.8 Å². The Kier molecular flexibility index (Phi) is 8.32. The Bertz CT molecular complexity index is 1420. The molecule has 37 heavy (non-hydrogen) atoms. The van der Waals surface area contributed by atoms with Crippen molar-refractivity contribution in [3.8, 4) is 11.3 Å². The topological polar surface area (TPSA) is 114 Å². The van der Waals surface area contributed by atoms with E-state index in [9.17, 15) is 19.7 Å². The Morgan fingerprint density at radius 1 is 1.05 bits per heavy atom. The molecule has 0 bridgehead atoms. The van der Waals surface area contributed by atoms with E-state index in [-0.39, 0.29) is 22.8 Å². The number of aryl methyl sites for hydroxylation is 1. The summed E-state index contributed by atoms with van der Waals surface area (Å²) in [6.07, 6.45) is 0.603. The Morgan fingerprint density at radius 2 is 1.78 bits per heavy atom. The number of nitrogens with zero attached hydrogens (tertiary/aromatic N) is 2. The minimum atomic E-state index is -0.514. The first-order valence-electron chi connectivity index (χ1n) is 11.5. The third-order valence-corrected chi connectivity index (χ3v) is 7.57. The number of nitro benzene ring substituents is 1. The molecule has 0 spiro atoms. The minimum Gasteiger partial charge on any atom is -0.322 e. The van der Waals surface area contributed by atoms with Crippen LogP contribution in [0.25, 0.3) is 11.3 Å². The van der Waals surface area contributed by atoms with Gasteiger partial charge in [-0.15, -0.1) is 23.1 Å². The number of rotatable bonds is 9. The van der Waals surface area contributed by atoms with Crippen LogP contribution in [0.1, 0.15) is 29.3 Å². The fraction of sp³-hybridized carbons (Fsp3) is 0.148. The highest BCUT2D eigenvalue weighted by molar-refractivity contribution is 8.00. The SMILES string of the molecule is CCC(Sc1cccc(NC(=O)c2ccc([N+](=O)[O-])cc2)c1)C(=O)Nc1nc(-c2ccc(C)cc2)cs1. The molecule has 0 aliphatic heterocycles. The summed E-state index contributed by atoms with van der Waals surface area (Å²) in [5.74, 6) is -0.521. The van der Waals surface area contributed by atoms with Crippen molar-refractivity contribution < 1.29 is 14.5 Å². The van der Waals surface area contributed by atoms with Crippen molar-refractivity contribution in [1.29, 1.82) is 0 Å². The zero-order valence-electron chi connectivity index (χ0n) is 20.1. The average molecular weight is 533 g/mol. The van der Waals surface area contributed by atoms with Crippen molar-refractivity contribution in [2.24, 2.45) is 0 Å². The van der Waals surface area contributed by atoms with Gasteiger partial charge in [-0.25, -0.2) is 4.98 Å². The van der Waals surface area contributed by atoms with Crippen molar-refractivity contribution in [1.82, 2.24) is 4.98 Å². The smallest absolute Gasteiger partial charge is 0.269 e. The summed E-state index contributed by atoms with van der Waals surface area (Å²) >= 11 is 2.79. The highest BCUT2D eigenvalue weighted by Gasteiger charge is 2.20. The van der Waals surface area contributed by atoms with Gasteiger partial charge in [0.2, 0.25) is 5.91 Å². The lowest BCUT2D eigenvalue weighted by Gasteiger charge is -2.14. The van der Waals surface area contributed by atoms with Gasteiger partial charge in [0.05, 0.1) is 15.9 Å². The lowest BCUT2D eigenvalue weighted by Crippen LogP contribution is -2.24. The van der Waals surface area contributed by atoms with E-state index < -0.39 is 4.92 Å². The second-order valence-electron chi connectivity index (χ2n) is 8.19. The Hall–Kier alpha value is -4.02. The van der Waals surface area contributed by atoms with Crippen LogP contribution in [0, 0.1) is 17.0 Å². The third-order valence-electron chi connectivity index (χ3n) is 5.46. The molecule has 8 nitrogen and oxygen atoms in total. The zero-order chi connectivity index (χ0) is 26.4. The van der Waals surface area contributed by atoms with Crippen LogP contribution < -0.4 is 10.6 Å². The molecule has 0 radical (unpaired) electrons. The highest BCUT2D eigenvalue weighted by Crippen LogP contribution is 2.30. The number of amides is 2. The van der Waals surface area contributed by atoms with E-state index in [0.717, 1.165) is 16.2 Å². The van der Waals surface area contributed by atoms with Crippen LogP contribution in [0.3, 0.4) is 0 Å². The minimum absolute atomic E-state index is 0.0806. The van der Waals surface area contributed by atoms with Gasteiger partial charge in [0.15, 0.2) is 5.13 Å². The highest BCUT2D eigenvalue weighted by atomic mass is 32.2. The van der Waals surface area contributed by atoms with Crippen molar-refractivity contribution in [2.45, 2.75) is 30.4 Å². The van der Waals surface area contributed by atoms with Gasteiger partial charge in [-0.05, 0) is 43.7 Å². The molecule has 0 fully saturated rings. The number of nitrogens with one attached hydrogen (secondary N) is 2. The van der Waals surface area contributed by atoms with Crippen LogP contribution in [-0.2, 0) is 4.79 Å². The molecule has 3 aromatic carbocycles. The van der Waals surface area contributed by atoms with Crippen LogP contribution in [0.15, 0.2) is 83.1 Å². The summed E-state index contributed by atoms with van der Waals surface area (Å²) in [5, 5.41) is 18.7. The molecule has 1 aromatic heterocycles. The summed E-state index contributed by atoms with van der Waals surface area (Å²) in [4.78, 5) is 41.2. The Morgan fingerprint density at radius 3 is 2.46 bits per heavy atom. The van der Waals surface area contributed by atoms with Crippen LogP contribution in [-0.4, -0.2) is 27.0 Å². The van der Waals surface area contributed by atoms with E-state index in [1.165, 1.54) is 52.9 Å². The summed E-state index contributed by atoms with van der Waals surface area (Å²) < 4.78 is 0. The zero-order valence-corrected chi connectivity index (χ0v) is 21.8. The van der Waals surface area contributed by atoms with E-state index in [0.29, 0.717) is 22.8 Å². The number of hydrogen-bond acceptors (Lipinski definition) is 7. The van der Waals surface area contributed by atoms with Crippen LogP contribution in [0.5, 0.6) is 0 Å². The second kappa shape index (κ2) is 11.8. The maximum absolute atomic E-state index is 13.0. The summed E-state index contributed by atoms with van der Waals surface area (Å²) in [5.41, 5.74) is 3.77. The molecule has 1 atom stereocenters. The summed E-state index contributed by atoms with van der Waals surface area (Å²) in [6.45, 7) is 3.97. The van der Waals surface area contributed by atoms with E-state index in [1.54, 1.807) is 18.2 Å². The Balaban J connectivity index is 1.38. The van der Waals surface area contributed by atoms with Crippen LogP contribution in [0.2, 0.25) is 0 Å². The van der Waals surface area contributed by atoms with E-state index >= 15 is 0 Å². The molecule has 0 saturated heterocycles. The first-order valence-corrected chi connectivity index (χ1v) is 13.2. The normalized spacial score (nSPS) is 11.5. The first-order chi connectivity index (χ1) is 17.8. The predicted molar refractivity (Wildman–Crippen MR) is 148 cm³/mol. The molecule has 1 unspecified atom stereocenters. The molecular weight excluding hydrogens is 508 g/mol. The molecular formula is C27H24N4O4S2. The summed E-state index contributed by atoms with van der Waals surface area (Å²) in [6, 6.07) is 20.7. The maximum Gasteiger partial charge on any atom is 0.269 e. The molecule has 0 aliphatic rings. The van der Waals surface area contributed by atoms with Crippen molar-refractivity contribution >= 4 is 51.4 Å². The largest absolute Gasteiger partial charge is 0.322 e. The van der Waals surface area contributed by atoms with E-state index in [2.05, 4.69) is 15.6 Å². The van der Waals surface area contributed by atoms with Crippen molar-refractivity contribution in [3.05, 3.63) is 99.4 Å². The molecule has 0 saturated carbocycles. The fourth-order valence-corrected chi connectivity index (χ4v) is 5.18. The van der Waals surface area contributed by atoms with Gasteiger partial charge in [0, 0.05) is 39.2 Å². The van der Waals surface area contributed by atoms with Gasteiger partial charge in [0.1, 0.15) is 0 Å². The number of hydrogen-bond donors (Lipinski definition) is 2. The molecule has 2 N–H and O–H groups in total. The second-order valence-corrected chi connectivity index (χ2v) is 10.3. The van der Waals surface area contributed by atoms with E-state index in [1.807, 2.05) is 49.6 Å². The molecule has 1 heterocycles. The number of carbonyl (C=O) groups is 2. The predicted octanol–water partition coefficient (Wildman–Crippen LogP) is 6.79. The lowest BCUT2D eigenvalue weighted by atomic mass is 10.1. The number of non-ortho nitro benzene ring substituents is 1. The van der Waals surface area contributed by atoms with Crippen molar-refractivity contribution in [2.75, 3.05) is 10.6 Å². The molecule has 0 aliphatic carbocycles. The monoisotopic (exact) mass is 532 g/mol. The van der Waals surface area contributed by atoms with Crippen molar-refractivity contribution in [3.63, 3.8) is 0 Å². The third kappa shape index (κ3) is 6.81. The molecule has 4 aromatic rings. The fourth-order valence-electron chi connectivity index (χ4n) is 3.45. The average Bonchev–Trinajstić information content (AvgIpc) is 3.36. The van der Waals surface area contributed by atoms with Gasteiger partial charge in [-0.3, -0.25) is 19.7 Å². The number of aromatic nitrogens is 1. The molecule has 2 amide bonds. The molecule has 10 heteroatoms. The van der Waals surface area contributed by atoms with Crippen LogP contribution >= 0.6 is 23.1 Å². The number of nitro groups is 1. The van der Waals surface area contributed by atoms with Gasteiger partial charge in [0.25, 0.3) is 11.6 Å². The number of carbonyl (C=O) groups excluding carboxylic acids is 2. The van der Waals surface area contributed by atoms with Gasteiger partial charge >= 0.3 is 0 Å². The maximum atomic E-state index is 13.0. The van der Waals surface area contributed by atoms with Crippen LogP contribution in [0.4, 0.5) is 16.5 Å². The molecule has 4 rings (SSSR count). The molecule has 188 valence electrons. The first kappa shape index (κ1) is 26.1. The quantitative estimate of drug-likeness (QED) is 0.139. The number of benzene rings is 3. The number of thiazole rings is 1. The lowest BCUT2D eigenvalue weighted by molar-refractivity contribution is -0.384. The standard InChI is InChI=1S/C27H24N4O4S2/c1-3-24(26(33)30-27-29-23(16-36-27)18-9-7-17(2)8-10-18)37-22-6-4-5-20(15-22)28-25(32)19-11-13-21(14-12-19)31(34)35/h4-16,24H,3H2,1-2H3,(H,28,32)(H,29,30,33). The van der Waals surface area contributed by atoms with E-state index in [4.69, 9.17) is 0 Å². The van der Waals surface area contributed by atoms with Gasteiger partial charge < -0.3 is 10.6 Å². The number of anilines is 2. The summed E-state index contributed by atoms with van der Waals surface area (Å²) in [7, 11) is 0. The Labute approximate surface area is 222 Å². The number of thioether (sulfide) groups is 1.